The molecule has 0 saturated heterocycles. The van der Waals surface area contributed by atoms with Crippen molar-refractivity contribution in [2.24, 2.45) is 0 Å². The van der Waals surface area contributed by atoms with Gasteiger partial charge in [-0.25, -0.2) is 8.78 Å². The van der Waals surface area contributed by atoms with E-state index in [4.69, 9.17) is 9.47 Å². The second-order valence-electron chi connectivity index (χ2n) is 4.15. The molecule has 2 rings (SSSR count). The van der Waals surface area contributed by atoms with Crippen molar-refractivity contribution in [3.63, 3.8) is 0 Å². The fourth-order valence-electron chi connectivity index (χ4n) is 1.73. The topological polar surface area (TPSA) is 38.7 Å². The van der Waals surface area contributed by atoms with Crippen LogP contribution in [0.3, 0.4) is 0 Å². The lowest BCUT2D eigenvalue weighted by Gasteiger charge is -2.14. The van der Waals surface area contributed by atoms with Crippen LogP contribution in [0.5, 0.6) is 11.5 Å². The average Bonchev–Trinajstić information content (AvgIpc) is 2.46. The monoisotopic (exact) mass is 280 g/mol. The molecule has 2 aromatic rings. The van der Waals surface area contributed by atoms with E-state index >= 15 is 0 Å². The highest BCUT2D eigenvalue weighted by Crippen LogP contribution is 2.24. The van der Waals surface area contributed by atoms with Crippen molar-refractivity contribution in [1.82, 2.24) is 0 Å². The summed E-state index contributed by atoms with van der Waals surface area (Å²) in [6.45, 7) is -0.259. The van der Waals surface area contributed by atoms with Crippen molar-refractivity contribution in [1.29, 1.82) is 0 Å². The molecule has 3 nitrogen and oxygen atoms in total. The van der Waals surface area contributed by atoms with Crippen LogP contribution in [0.2, 0.25) is 0 Å². The molecule has 0 heterocycles. The first-order chi connectivity index (χ1) is 9.61. The predicted molar refractivity (Wildman–Crippen MR) is 69.8 cm³/mol. The van der Waals surface area contributed by atoms with E-state index in [1.807, 2.05) is 0 Å². The number of hydrogen-bond donors (Lipinski definition) is 1. The van der Waals surface area contributed by atoms with Gasteiger partial charge in [-0.15, -0.1) is 0 Å². The molecule has 0 spiro atoms. The lowest BCUT2D eigenvalue weighted by Crippen LogP contribution is -2.11. The highest BCUT2D eigenvalue weighted by atomic mass is 19.1. The first-order valence-electron chi connectivity index (χ1n) is 6.00. The van der Waals surface area contributed by atoms with Gasteiger partial charge in [-0.3, -0.25) is 0 Å². The van der Waals surface area contributed by atoms with Gasteiger partial charge in [0.25, 0.3) is 0 Å². The highest BCUT2D eigenvalue weighted by Gasteiger charge is 2.14. The van der Waals surface area contributed by atoms with E-state index in [1.54, 1.807) is 24.3 Å². The predicted octanol–water partition coefficient (Wildman–Crippen LogP) is 3.09. The maximum atomic E-state index is 13.4. The Kier molecular flexibility index (Phi) is 4.53. The van der Waals surface area contributed by atoms with E-state index in [2.05, 4.69) is 0 Å². The van der Waals surface area contributed by atoms with Crippen LogP contribution in [0, 0.1) is 11.6 Å². The lowest BCUT2D eigenvalue weighted by atomic mass is 10.1. The van der Waals surface area contributed by atoms with Gasteiger partial charge in [0.05, 0.1) is 7.11 Å². The van der Waals surface area contributed by atoms with E-state index in [1.165, 1.54) is 13.2 Å². The van der Waals surface area contributed by atoms with Gasteiger partial charge in [-0.2, -0.15) is 0 Å². The van der Waals surface area contributed by atoms with Crippen molar-refractivity contribution in [2.75, 3.05) is 13.7 Å². The molecule has 0 amide bonds. The summed E-state index contributed by atoms with van der Waals surface area (Å²) < 4.78 is 36.8. The van der Waals surface area contributed by atoms with Crippen molar-refractivity contribution >= 4 is 0 Å². The van der Waals surface area contributed by atoms with Gasteiger partial charge in [-0.05, 0) is 29.8 Å². The zero-order valence-electron chi connectivity index (χ0n) is 10.8. The standard InChI is InChI=1S/C15H14F2O3/c1-19-11-5-2-4-10(8-11)14(18)9-20-15-12(16)6-3-7-13(15)17/h2-8,14,18H,9H2,1H3. The zero-order valence-corrected chi connectivity index (χ0v) is 10.8. The summed E-state index contributed by atoms with van der Waals surface area (Å²) >= 11 is 0. The maximum absolute atomic E-state index is 13.4. The molecule has 106 valence electrons. The van der Waals surface area contributed by atoms with Crippen molar-refractivity contribution < 1.29 is 23.4 Å². The number of hydrogen-bond acceptors (Lipinski definition) is 3. The van der Waals surface area contributed by atoms with Crippen LogP contribution in [0.4, 0.5) is 8.78 Å². The van der Waals surface area contributed by atoms with Gasteiger partial charge in [0.2, 0.25) is 0 Å². The van der Waals surface area contributed by atoms with Crippen LogP contribution < -0.4 is 9.47 Å². The Morgan fingerprint density at radius 2 is 1.75 bits per heavy atom. The molecule has 0 radical (unpaired) electrons. The molecule has 0 bridgehead atoms. The molecule has 1 atom stereocenters. The summed E-state index contributed by atoms with van der Waals surface area (Å²) in [6, 6.07) is 10.2. The van der Waals surface area contributed by atoms with Gasteiger partial charge in [0.1, 0.15) is 18.5 Å². The molecule has 20 heavy (non-hydrogen) atoms. The largest absolute Gasteiger partial charge is 0.497 e. The quantitative estimate of drug-likeness (QED) is 0.914. The summed E-state index contributed by atoms with van der Waals surface area (Å²) in [6.07, 6.45) is -1.01. The average molecular weight is 280 g/mol. The Morgan fingerprint density at radius 3 is 2.40 bits per heavy atom. The second-order valence-corrected chi connectivity index (χ2v) is 4.15. The van der Waals surface area contributed by atoms with E-state index < -0.39 is 23.5 Å². The minimum absolute atomic E-state index is 0.259. The van der Waals surface area contributed by atoms with E-state index in [0.29, 0.717) is 11.3 Å². The summed E-state index contributed by atoms with van der Waals surface area (Å²) in [5, 5.41) is 9.96. The molecular weight excluding hydrogens is 266 g/mol. The molecule has 5 heteroatoms. The van der Waals surface area contributed by atoms with Crippen LogP contribution in [-0.4, -0.2) is 18.8 Å². The van der Waals surface area contributed by atoms with Gasteiger partial charge in [0.15, 0.2) is 17.4 Å². The molecule has 0 aliphatic carbocycles. The minimum Gasteiger partial charge on any atom is -0.497 e. The van der Waals surface area contributed by atoms with Crippen LogP contribution >= 0.6 is 0 Å². The molecule has 0 saturated carbocycles. The first kappa shape index (κ1) is 14.3. The zero-order chi connectivity index (χ0) is 14.5. The molecule has 0 aliphatic rings. The van der Waals surface area contributed by atoms with Gasteiger partial charge in [-0.1, -0.05) is 18.2 Å². The third kappa shape index (κ3) is 3.24. The fraction of sp³-hybridized carbons (Fsp3) is 0.200. The normalized spacial score (nSPS) is 12.0. The number of methoxy groups -OCH3 is 1. The Balaban J connectivity index is 2.06. The molecule has 2 aromatic carbocycles. The minimum atomic E-state index is -1.01. The van der Waals surface area contributed by atoms with Gasteiger partial charge in [0, 0.05) is 0 Å². The number of rotatable bonds is 5. The van der Waals surface area contributed by atoms with Crippen LogP contribution in [0.15, 0.2) is 42.5 Å². The van der Waals surface area contributed by atoms with E-state index in [0.717, 1.165) is 12.1 Å². The highest BCUT2D eigenvalue weighted by molar-refractivity contribution is 5.30. The number of para-hydroxylation sites is 1. The van der Waals surface area contributed by atoms with Gasteiger partial charge < -0.3 is 14.6 Å². The van der Waals surface area contributed by atoms with Crippen molar-refractivity contribution in [3.05, 3.63) is 59.7 Å². The smallest absolute Gasteiger partial charge is 0.190 e. The lowest BCUT2D eigenvalue weighted by molar-refractivity contribution is 0.103. The Labute approximate surface area is 115 Å². The Morgan fingerprint density at radius 1 is 1.10 bits per heavy atom. The molecule has 0 aliphatic heterocycles. The third-order valence-corrected chi connectivity index (χ3v) is 2.78. The number of halogens is 2. The van der Waals surface area contributed by atoms with E-state index in [9.17, 15) is 13.9 Å². The molecule has 0 aromatic heterocycles. The summed E-state index contributed by atoms with van der Waals surface area (Å²) in [5.74, 6) is -1.52. The van der Waals surface area contributed by atoms with Crippen molar-refractivity contribution in [3.8, 4) is 11.5 Å². The Bertz CT molecular complexity index is 567. The molecule has 1 N–H and O–H groups in total. The molecular formula is C15H14F2O3. The molecule has 1 unspecified atom stereocenters. The maximum Gasteiger partial charge on any atom is 0.190 e. The first-order valence-corrected chi connectivity index (χ1v) is 6.00. The van der Waals surface area contributed by atoms with Crippen LogP contribution in [0.1, 0.15) is 11.7 Å². The number of aliphatic hydroxyl groups excluding tert-OH is 1. The van der Waals surface area contributed by atoms with Crippen molar-refractivity contribution in [2.45, 2.75) is 6.10 Å². The van der Waals surface area contributed by atoms with Gasteiger partial charge >= 0.3 is 0 Å². The van der Waals surface area contributed by atoms with Crippen LogP contribution in [0.25, 0.3) is 0 Å². The number of ether oxygens (including phenoxy) is 2. The summed E-state index contributed by atoms with van der Waals surface area (Å²) in [4.78, 5) is 0. The molecule has 0 fully saturated rings. The summed E-state index contributed by atoms with van der Waals surface area (Å²) in [5.41, 5.74) is 0.543. The fourth-order valence-corrected chi connectivity index (χ4v) is 1.73. The number of benzene rings is 2. The SMILES string of the molecule is COc1cccc(C(O)COc2c(F)cccc2F)c1. The van der Waals surface area contributed by atoms with Crippen LogP contribution in [-0.2, 0) is 0 Å². The number of aliphatic hydroxyl groups is 1. The second kappa shape index (κ2) is 6.34. The third-order valence-electron chi connectivity index (χ3n) is 2.78. The van der Waals surface area contributed by atoms with E-state index in [-0.39, 0.29) is 6.61 Å². The summed E-state index contributed by atoms with van der Waals surface area (Å²) in [7, 11) is 1.51. The Hall–Kier alpha value is -2.14.